The molecule has 23 heavy (non-hydrogen) atoms. The van der Waals surface area contributed by atoms with E-state index in [0.29, 0.717) is 19.0 Å². The van der Waals surface area contributed by atoms with Crippen LogP contribution in [0.2, 0.25) is 0 Å². The first-order valence-corrected chi connectivity index (χ1v) is 8.60. The molecule has 0 spiro atoms. The van der Waals surface area contributed by atoms with Crippen molar-refractivity contribution in [3.8, 4) is 0 Å². The van der Waals surface area contributed by atoms with E-state index in [0.717, 1.165) is 29.3 Å². The van der Waals surface area contributed by atoms with Crippen molar-refractivity contribution in [2.45, 2.75) is 25.8 Å². The summed E-state index contributed by atoms with van der Waals surface area (Å²) in [6.45, 7) is 1.17. The minimum Gasteiger partial charge on any atom is -0.330 e. The third-order valence-corrected chi connectivity index (χ3v) is 4.80. The van der Waals surface area contributed by atoms with Gasteiger partial charge in [0.1, 0.15) is 6.33 Å². The van der Waals surface area contributed by atoms with Gasteiger partial charge in [-0.3, -0.25) is 10.1 Å². The number of nitrogens with zero attached hydrogens (tertiary/aromatic N) is 3. The van der Waals surface area contributed by atoms with Crippen LogP contribution in [0.5, 0.6) is 0 Å². The van der Waals surface area contributed by atoms with Crippen molar-refractivity contribution in [3.63, 3.8) is 0 Å². The van der Waals surface area contributed by atoms with Crippen LogP contribution in [0.3, 0.4) is 0 Å². The van der Waals surface area contributed by atoms with Crippen molar-refractivity contribution >= 4 is 27.8 Å². The summed E-state index contributed by atoms with van der Waals surface area (Å²) >= 11 is 3.45. The third kappa shape index (κ3) is 3.97. The predicted octanol–water partition coefficient (Wildman–Crippen LogP) is 2.40. The van der Waals surface area contributed by atoms with Crippen LogP contribution in [-0.4, -0.2) is 27.2 Å². The molecule has 1 amide bonds. The molecule has 1 fully saturated rings. The lowest BCUT2D eigenvalue weighted by atomic mass is 9.95. The van der Waals surface area contributed by atoms with Crippen molar-refractivity contribution < 1.29 is 4.79 Å². The number of nitrogens with one attached hydrogen (secondary N) is 1. The molecular formula is C16H20BrN5O. The van der Waals surface area contributed by atoms with Gasteiger partial charge in [0, 0.05) is 10.4 Å². The van der Waals surface area contributed by atoms with E-state index < -0.39 is 0 Å². The Morgan fingerprint density at radius 1 is 1.43 bits per heavy atom. The van der Waals surface area contributed by atoms with Gasteiger partial charge < -0.3 is 5.73 Å². The molecule has 0 unspecified atom stereocenters. The van der Waals surface area contributed by atoms with Crippen molar-refractivity contribution in [3.05, 3.63) is 40.6 Å². The van der Waals surface area contributed by atoms with Gasteiger partial charge in [-0.05, 0) is 43.0 Å². The average Bonchev–Trinajstić information content (AvgIpc) is 3.16. The number of hydrogen-bond acceptors (Lipinski definition) is 4. The molecule has 6 nitrogen and oxygen atoms in total. The van der Waals surface area contributed by atoms with Crippen LogP contribution in [0.15, 0.2) is 35.1 Å². The molecule has 3 N–H and O–H groups in total. The van der Waals surface area contributed by atoms with E-state index in [1.807, 2.05) is 24.3 Å². The van der Waals surface area contributed by atoms with Crippen molar-refractivity contribution in [1.29, 1.82) is 0 Å². The van der Waals surface area contributed by atoms with Gasteiger partial charge in [0.05, 0.1) is 6.54 Å². The number of anilines is 1. The van der Waals surface area contributed by atoms with E-state index in [1.165, 1.54) is 0 Å². The second kappa shape index (κ2) is 7.23. The Morgan fingerprint density at radius 3 is 3.09 bits per heavy atom. The molecule has 1 saturated carbocycles. The Kier molecular flexibility index (Phi) is 5.07. The number of nitrogens with two attached hydrogens (primary N) is 1. The molecule has 122 valence electrons. The summed E-state index contributed by atoms with van der Waals surface area (Å²) in [5, 5.41) is 7.14. The van der Waals surface area contributed by atoms with Gasteiger partial charge in [0.25, 0.3) is 0 Å². The molecule has 1 aliphatic rings. The van der Waals surface area contributed by atoms with E-state index in [1.54, 1.807) is 11.0 Å². The SMILES string of the molecule is NC[C@H]1CCC[C@H]1C(=O)Nc1ncn(Cc2cccc(Br)c2)n1. The summed E-state index contributed by atoms with van der Waals surface area (Å²) in [5.41, 5.74) is 6.85. The smallest absolute Gasteiger partial charge is 0.248 e. The molecule has 1 aromatic carbocycles. The highest BCUT2D eigenvalue weighted by Crippen LogP contribution is 2.31. The van der Waals surface area contributed by atoms with Crippen LogP contribution in [0.4, 0.5) is 5.95 Å². The summed E-state index contributed by atoms with van der Waals surface area (Å²) in [6.07, 6.45) is 4.61. The van der Waals surface area contributed by atoms with Gasteiger partial charge in [-0.25, -0.2) is 9.67 Å². The summed E-state index contributed by atoms with van der Waals surface area (Å²) in [6, 6.07) is 8.01. The van der Waals surface area contributed by atoms with Crippen molar-refractivity contribution in [1.82, 2.24) is 14.8 Å². The fourth-order valence-corrected chi connectivity index (χ4v) is 3.56. The highest BCUT2D eigenvalue weighted by atomic mass is 79.9. The second-order valence-corrected chi connectivity index (χ2v) is 6.83. The number of carbonyl (C=O) groups is 1. The zero-order valence-corrected chi connectivity index (χ0v) is 14.4. The van der Waals surface area contributed by atoms with E-state index in [2.05, 4.69) is 31.3 Å². The molecule has 2 aromatic rings. The Bertz CT molecular complexity index is 687. The fourth-order valence-electron chi connectivity index (χ4n) is 3.12. The van der Waals surface area contributed by atoms with Gasteiger partial charge in [0.15, 0.2) is 0 Å². The van der Waals surface area contributed by atoms with E-state index in [9.17, 15) is 4.79 Å². The molecular weight excluding hydrogens is 358 g/mol. The van der Waals surface area contributed by atoms with Gasteiger partial charge in [-0.15, -0.1) is 5.10 Å². The Balaban J connectivity index is 1.62. The van der Waals surface area contributed by atoms with Gasteiger partial charge in [-0.1, -0.05) is 34.5 Å². The molecule has 0 bridgehead atoms. The summed E-state index contributed by atoms with van der Waals surface area (Å²) in [4.78, 5) is 16.5. The lowest BCUT2D eigenvalue weighted by Gasteiger charge is -2.15. The average molecular weight is 378 g/mol. The molecule has 7 heteroatoms. The van der Waals surface area contributed by atoms with Crippen LogP contribution in [0, 0.1) is 11.8 Å². The van der Waals surface area contributed by atoms with Crippen LogP contribution >= 0.6 is 15.9 Å². The number of rotatable bonds is 5. The third-order valence-electron chi connectivity index (χ3n) is 4.30. The quantitative estimate of drug-likeness (QED) is 0.837. The van der Waals surface area contributed by atoms with Gasteiger partial charge in [0.2, 0.25) is 11.9 Å². The van der Waals surface area contributed by atoms with Crippen molar-refractivity contribution in [2.75, 3.05) is 11.9 Å². The molecule has 3 rings (SSSR count). The first kappa shape index (κ1) is 16.1. The van der Waals surface area contributed by atoms with Crippen LogP contribution < -0.4 is 11.1 Å². The van der Waals surface area contributed by atoms with Crippen LogP contribution in [0.25, 0.3) is 0 Å². The first-order chi connectivity index (χ1) is 11.2. The van der Waals surface area contributed by atoms with E-state index in [-0.39, 0.29) is 17.7 Å². The van der Waals surface area contributed by atoms with Crippen LogP contribution in [-0.2, 0) is 11.3 Å². The summed E-state index contributed by atoms with van der Waals surface area (Å²) < 4.78 is 2.74. The second-order valence-electron chi connectivity index (χ2n) is 5.92. The lowest BCUT2D eigenvalue weighted by molar-refractivity contribution is -0.120. The van der Waals surface area contributed by atoms with E-state index in [4.69, 9.17) is 5.73 Å². The lowest BCUT2D eigenvalue weighted by Crippen LogP contribution is -2.30. The van der Waals surface area contributed by atoms with Gasteiger partial charge in [-0.2, -0.15) is 0 Å². The molecule has 1 heterocycles. The maximum absolute atomic E-state index is 12.3. The monoisotopic (exact) mass is 377 g/mol. The first-order valence-electron chi connectivity index (χ1n) is 7.80. The van der Waals surface area contributed by atoms with E-state index >= 15 is 0 Å². The van der Waals surface area contributed by atoms with Crippen LogP contribution in [0.1, 0.15) is 24.8 Å². The molecule has 2 atom stereocenters. The highest BCUT2D eigenvalue weighted by molar-refractivity contribution is 9.10. The Labute approximate surface area is 143 Å². The van der Waals surface area contributed by atoms with Crippen molar-refractivity contribution in [2.24, 2.45) is 17.6 Å². The topological polar surface area (TPSA) is 85.8 Å². The predicted molar refractivity (Wildman–Crippen MR) is 91.8 cm³/mol. The number of halogens is 1. The fraction of sp³-hybridized carbons (Fsp3) is 0.438. The number of amides is 1. The van der Waals surface area contributed by atoms with Gasteiger partial charge >= 0.3 is 0 Å². The Morgan fingerprint density at radius 2 is 2.30 bits per heavy atom. The minimum atomic E-state index is -0.0166. The molecule has 1 aliphatic carbocycles. The number of carbonyl (C=O) groups excluding carboxylic acids is 1. The molecule has 1 aromatic heterocycles. The standard InChI is InChI=1S/C16H20BrN5O/c17-13-5-1-3-11(7-13)9-22-10-19-16(21-22)20-15(23)14-6-2-4-12(14)8-18/h1,3,5,7,10,12,14H,2,4,6,8-9,18H2,(H,20,21,23)/t12-,14-/m1/s1. The minimum absolute atomic E-state index is 0.0156. The summed E-state index contributed by atoms with van der Waals surface area (Å²) in [7, 11) is 0. The molecule has 0 radical (unpaired) electrons. The number of hydrogen-bond donors (Lipinski definition) is 2. The zero-order valence-electron chi connectivity index (χ0n) is 12.8. The normalized spacial score (nSPS) is 20.6. The summed E-state index contributed by atoms with van der Waals surface area (Å²) in [5.74, 6) is 0.599. The highest BCUT2D eigenvalue weighted by Gasteiger charge is 2.32. The maximum atomic E-state index is 12.3. The largest absolute Gasteiger partial charge is 0.330 e. The molecule has 0 aliphatic heterocycles. The number of benzene rings is 1. The Hall–Kier alpha value is -1.73. The maximum Gasteiger partial charge on any atom is 0.248 e. The zero-order chi connectivity index (χ0) is 16.2. The molecule has 0 saturated heterocycles. The number of aromatic nitrogens is 3.